The van der Waals surface area contributed by atoms with E-state index in [9.17, 15) is 26.3 Å². The molecule has 2 N–H and O–H groups in total. The highest BCUT2D eigenvalue weighted by atomic mass is 19.4. The summed E-state index contributed by atoms with van der Waals surface area (Å²) < 4.78 is 90.0. The van der Waals surface area contributed by atoms with E-state index in [1.165, 1.54) is 31.2 Å². The molecule has 0 bridgehead atoms. The van der Waals surface area contributed by atoms with E-state index >= 15 is 0 Å². The molecule has 32 heavy (non-hydrogen) atoms. The Morgan fingerprint density at radius 3 is 2.59 bits per heavy atom. The Bertz CT molecular complexity index is 1170. The molecule has 1 aliphatic heterocycles. The molecule has 0 unspecified atom stereocenters. The summed E-state index contributed by atoms with van der Waals surface area (Å²) in [5.74, 6) is -0.682. The number of nitrogens with zero attached hydrogens (tertiary/aromatic N) is 4. The molecule has 0 spiro atoms. The Kier molecular flexibility index (Phi) is 5.13. The van der Waals surface area contributed by atoms with Crippen LogP contribution in [0, 0.1) is 5.82 Å². The van der Waals surface area contributed by atoms with Crippen LogP contribution in [0.1, 0.15) is 25.5 Å². The number of amidine groups is 1. The molecule has 3 heterocycles. The maximum atomic E-state index is 14.7. The number of aliphatic imine (C=N–C) groups is 1. The van der Waals surface area contributed by atoms with E-state index in [1.807, 2.05) is 0 Å². The third-order valence-electron chi connectivity index (χ3n) is 4.98. The number of alkyl halides is 5. The van der Waals surface area contributed by atoms with Gasteiger partial charge in [0.25, 0.3) is 6.02 Å². The summed E-state index contributed by atoms with van der Waals surface area (Å²) in [4.78, 5) is 3.92. The first-order valence-corrected chi connectivity index (χ1v) is 9.16. The molecule has 1 aliphatic rings. The SMILES string of the molecule is C[C@@]1(c2cc(-c3cc(-c4ccn(C(F)F)n4)no3)ccc2F)C[C@@H](C(F)(F)F)OC(N)=N1. The first-order valence-electron chi connectivity index (χ1n) is 9.16. The zero-order valence-electron chi connectivity index (χ0n) is 16.3. The fourth-order valence-electron chi connectivity index (χ4n) is 3.42. The van der Waals surface area contributed by atoms with Gasteiger partial charge in [0, 0.05) is 29.8 Å². The van der Waals surface area contributed by atoms with E-state index in [0.29, 0.717) is 4.68 Å². The van der Waals surface area contributed by atoms with Crippen LogP contribution in [0.5, 0.6) is 0 Å². The molecule has 0 saturated carbocycles. The first kappa shape index (κ1) is 21.7. The van der Waals surface area contributed by atoms with E-state index in [1.54, 1.807) is 0 Å². The average molecular weight is 459 g/mol. The van der Waals surface area contributed by atoms with E-state index in [0.717, 1.165) is 12.3 Å². The van der Waals surface area contributed by atoms with Gasteiger partial charge in [-0.3, -0.25) is 0 Å². The van der Waals surface area contributed by atoms with E-state index in [4.69, 9.17) is 10.3 Å². The molecule has 170 valence electrons. The monoisotopic (exact) mass is 459 g/mol. The van der Waals surface area contributed by atoms with Gasteiger partial charge in [-0.05, 0) is 31.2 Å². The van der Waals surface area contributed by atoms with Crippen molar-refractivity contribution in [1.29, 1.82) is 0 Å². The largest absolute Gasteiger partial charge is 0.452 e. The second-order valence-corrected chi connectivity index (χ2v) is 7.31. The summed E-state index contributed by atoms with van der Waals surface area (Å²) >= 11 is 0. The van der Waals surface area contributed by atoms with Gasteiger partial charge in [0.15, 0.2) is 11.9 Å². The molecule has 2 atom stereocenters. The van der Waals surface area contributed by atoms with Crippen LogP contribution in [-0.4, -0.2) is 33.2 Å². The maximum absolute atomic E-state index is 14.7. The Morgan fingerprint density at radius 1 is 1.19 bits per heavy atom. The normalized spacial score (nSPS) is 21.5. The van der Waals surface area contributed by atoms with Crippen LogP contribution < -0.4 is 5.73 Å². The molecule has 13 heteroatoms. The lowest BCUT2D eigenvalue weighted by atomic mass is 9.84. The third kappa shape index (κ3) is 4.01. The topological polar surface area (TPSA) is 91.5 Å². The summed E-state index contributed by atoms with van der Waals surface area (Å²) in [7, 11) is 0. The van der Waals surface area contributed by atoms with Crippen molar-refractivity contribution in [3.05, 3.63) is 47.9 Å². The van der Waals surface area contributed by atoms with Crippen LogP contribution in [0.2, 0.25) is 0 Å². The van der Waals surface area contributed by atoms with Gasteiger partial charge in [-0.2, -0.15) is 27.1 Å². The predicted octanol–water partition coefficient (Wildman–Crippen LogP) is 4.62. The quantitative estimate of drug-likeness (QED) is 0.575. The molecule has 7 nitrogen and oxygen atoms in total. The second-order valence-electron chi connectivity index (χ2n) is 7.31. The van der Waals surface area contributed by atoms with Crippen molar-refractivity contribution in [3.63, 3.8) is 0 Å². The van der Waals surface area contributed by atoms with Crippen LogP contribution in [0.15, 0.2) is 46.0 Å². The molecule has 0 fully saturated rings. The third-order valence-corrected chi connectivity index (χ3v) is 4.98. The van der Waals surface area contributed by atoms with Gasteiger partial charge in [-0.25, -0.2) is 14.1 Å². The van der Waals surface area contributed by atoms with Crippen LogP contribution in [0.4, 0.5) is 26.3 Å². The van der Waals surface area contributed by atoms with Gasteiger partial charge >= 0.3 is 12.7 Å². The number of benzene rings is 1. The van der Waals surface area contributed by atoms with Gasteiger partial charge in [0.2, 0.25) is 0 Å². The highest BCUT2D eigenvalue weighted by Gasteiger charge is 2.50. The Hall–Kier alpha value is -3.51. The van der Waals surface area contributed by atoms with Crippen LogP contribution in [0.25, 0.3) is 22.7 Å². The zero-order chi connectivity index (χ0) is 23.3. The maximum Gasteiger partial charge on any atom is 0.425 e. The van der Waals surface area contributed by atoms with E-state index in [2.05, 4.69) is 20.0 Å². The number of hydrogen-bond acceptors (Lipinski definition) is 6. The van der Waals surface area contributed by atoms with E-state index < -0.39 is 42.6 Å². The minimum absolute atomic E-state index is 0.115. The minimum Gasteiger partial charge on any atom is -0.452 e. The van der Waals surface area contributed by atoms with Crippen molar-refractivity contribution in [2.45, 2.75) is 37.7 Å². The molecule has 0 saturated heterocycles. The van der Waals surface area contributed by atoms with Crippen molar-refractivity contribution >= 4 is 6.02 Å². The molecule has 2 aromatic heterocycles. The average Bonchev–Trinajstić information content (AvgIpc) is 3.36. The summed E-state index contributed by atoms with van der Waals surface area (Å²) in [6.07, 6.45) is -6.60. The molecular formula is C19H15F6N5O2. The van der Waals surface area contributed by atoms with Crippen molar-refractivity contribution in [3.8, 4) is 22.7 Å². The Morgan fingerprint density at radius 2 is 1.94 bits per heavy atom. The van der Waals surface area contributed by atoms with Gasteiger partial charge in [0.1, 0.15) is 17.2 Å². The lowest BCUT2D eigenvalue weighted by Gasteiger charge is -2.36. The number of ether oxygens (including phenoxy) is 1. The predicted molar refractivity (Wildman–Crippen MR) is 98.9 cm³/mol. The zero-order valence-corrected chi connectivity index (χ0v) is 16.3. The van der Waals surface area contributed by atoms with E-state index in [-0.39, 0.29) is 28.3 Å². The number of nitrogens with two attached hydrogens (primary N) is 1. The molecule has 0 radical (unpaired) electrons. The van der Waals surface area contributed by atoms with Crippen molar-refractivity contribution in [2.75, 3.05) is 0 Å². The van der Waals surface area contributed by atoms with Crippen LogP contribution >= 0.6 is 0 Å². The first-order chi connectivity index (χ1) is 15.0. The Labute approximate surface area is 176 Å². The molecule has 4 rings (SSSR count). The lowest BCUT2D eigenvalue weighted by molar-refractivity contribution is -0.208. The molecule has 1 aromatic carbocycles. The number of aromatic nitrogens is 3. The summed E-state index contributed by atoms with van der Waals surface area (Å²) in [5.41, 5.74) is 4.15. The molecular weight excluding hydrogens is 444 g/mol. The molecule has 0 aliphatic carbocycles. The van der Waals surface area contributed by atoms with Gasteiger partial charge in [-0.15, -0.1) is 0 Å². The smallest absolute Gasteiger partial charge is 0.425 e. The van der Waals surface area contributed by atoms with Gasteiger partial charge in [-0.1, -0.05) is 5.16 Å². The number of halogens is 6. The highest BCUT2D eigenvalue weighted by Crippen LogP contribution is 2.42. The highest BCUT2D eigenvalue weighted by molar-refractivity contribution is 5.73. The van der Waals surface area contributed by atoms with Crippen molar-refractivity contribution in [2.24, 2.45) is 10.7 Å². The fraction of sp³-hybridized carbons (Fsp3) is 0.316. The Balaban J connectivity index is 1.69. The van der Waals surface area contributed by atoms with Gasteiger partial charge in [0.05, 0.1) is 5.54 Å². The van der Waals surface area contributed by atoms with Crippen LogP contribution in [-0.2, 0) is 10.3 Å². The lowest BCUT2D eigenvalue weighted by Crippen LogP contribution is -2.46. The molecule has 3 aromatic rings. The number of rotatable bonds is 4. The standard InChI is InChI=1S/C19H15F6N5O2/c1-18(8-15(19(23,24)25)31-17(26)27-18)10-6-9(2-3-11(10)20)14-7-13(29-32-14)12-4-5-30(28-12)16(21)22/h2-7,15-16H,8H2,1H3,(H2,26,27)/t15-,18-/m0/s1. The van der Waals surface area contributed by atoms with Crippen molar-refractivity contribution in [1.82, 2.24) is 14.9 Å². The van der Waals surface area contributed by atoms with Gasteiger partial charge < -0.3 is 15.0 Å². The minimum atomic E-state index is -4.72. The summed E-state index contributed by atoms with van der Waals surface area (Å²) in [6, 6.07) is 5.64. The fourth-order valence-corrected chi connectivity index (χ4v) is 3.42. The van der Waals surface area contributed by atoms with Crippen molar-refractivity contribution < 1.29 is 35.6 Å². The second kappa shape index (κ2) is 7.57. The summed E-state index contributed by atoms with van der Waals surface area (Å²) in [6.45, 7) is -1.52. The van der Waals surface area contributed by atoms with Crippen LogP contribution in [0.3, 0.4) is 0 Å². The molecule has 0 amide bonds. The summed E-state index contributed by atoms with van der Waals surface area (Å²) in [5, 5.41) is 7.44. The number of hydrogen-bond donors (Lipinski definition) is 1.